The summed E-state index contributed by atoms with van der Waals surface area (Å²) in [6.07, 6.45) is 2.34. The van der Waals surface area contributed by atoms with Crippen molar-refractivity contribution in [1.29, 1.82) is 0 Å². The van der Waals surface area contributed by atoms with Gasteiger partial charge in [0.15, 0.2) is 0 Å². The van der Waals surface area contributed by atoms with E-state index in [9.17, 15) is 4.79 Å². The lowest BCUT2D eigenvalue weighted by Gasteiger charge is -2.32. The van der Waals surface area contributed by atoms with Gasteiger partial charge in [0.2, 0.25) is 5.91 Å². The smallest absolute Gasteiger partial charge is 0.222 e. The van der Waals surface area contributed by atoms with E-state index in [1.807, 2.05) is 31.3 Å². The van der Waals surface area contributed by atoms with Crippen molar-refractivity contribution in [2.24, 2.45) is 5.73 Å². The Balaban J connectivity index is 2.39. The quantitative estimate of drug-likeness (QED) is 0.904. The van der Waals surface area contributed by atoms with Crippen LogP contribution in [0, 0.1) is 0 Å². The van der Waals surface area contributed by atoms with E-state index in [0.717, 1.165) is 24.0 Å². The van der Waals surface area contributed by atoms with E-state index in [1.54, 1.807) is 12.0 Å². The highest BCUT2D eigenvalue weighted by molar-refractivity contribution is 5.77. The molecule has 0 saturated carbocycles. The van der Waals surface area contributed by atoms with Crippen LogP contribution in [0.1, 0.15) is 36.4 Å². The van der Waals surface area contributed by atoms with Crippen LogP contribution in [0.15, 0.2) is 24.3 Å². The van der Waals surface area contributed by atoms with E-state index in [4.69, 9.17) is 10.5 Å². The van der Waals surface area contributed by atoms with Gasteiger partial charge in [-0.05, 0) is 24.0 Å². The predicted molar refractivity (Wildman–Crippen MR) is 74.5 cm³/mol. The molecule has 1 aliphatic rings. The van der Waals surface area contributed by atoms with Crippen LogP contribution in [0.4, 0.5) is 0 Å². The van der Waals surface area contributed by atoms with Gasteiger partial charge in [-0.15, -0.1) is 0 Å². The molecule has 104 valence electrons. The molecule has 1 amide bonds. The third-order valence-electron chi connectivity index (χ3n) is 3.82. The Bertz CT molecular complexity index is 448. The summed E-state index contributed by atoms with van der Waals surface area (Å²) in [7, 11) is 3.53. The number of likely N-dealkylation sites (N-methyl/N-ethyl adjacent to an activating group) is 1. The van der Waals surface area contributed by atoms with E-state index in [2.05, 4.69) is 0 Å². The van der Waals surface area contributed by atoms with Gasteiger partial charge in [0.05, 0.1) is 12.6 Å². The highest BCUT2D eigenvalue weighted by Crippen LogP contribution is 2.31. The zero-order valence-corrected chi connectivity index (χ0v) is 11.6. The summed E-state index contributed by atoms with van der Waals surface area (Å²) in [5.41, 5.74) is 8.50. The maximum atomic E-state index is 12.1. The molecule has 4 nitrogen and oxygen atoms in total. The molecule has 2 rings (SSSR count). The average molecular weight is 262 g/mol. The topological polar surface area (TPSA) is 55.6 Å². The molecular weight excluding hydrogens is 240 g/mol. The fraction of sp³-hybridized carbons (Fsp3) is 0.533. The fourth-order valence-electron chi connectivity index (χ4n) is 2.81. The van der Waals surface area contributed by atoms with Crippen LogP contribution in [0.25, 0.3) is 0 Å². The largest absolute Gasteiger partial charge is 0.380 e. The van der Waals surface area contributed by atoms with Crippen molar-refractivity contribution >= 4 is 5.91 Å². The van der Waals surface area contributed by atoms with E-state index in [0.29, 0.717) is 13.0 Å². The molecule has 0 aliphatic carbocycles. The molecule has 1 aromatic rings. The Hall–Kier alpha value is -1.39. The Morgan fingerprint density at radius 3 is 2.89 bits per heavy atom. The molecule has 19 heavy (non-hydrogen) atoms. The number of hydrogen-bond acceptors (Lipinski definition) is 3. The summed E-state index contributed by atoms with van der Waals surface area (Å²) in [5, 5.41) is 0. The van der Waals surface area contributed by atoms with Gasteiger partial charge in [-0.2, -0.15) is 0 Å². The maximum absolute atomic E-state index is 12.1. The van der Waals surface area contributed by atoms with Crippen LogP contribution in [0.2, 0.25) is 0 Å². The molecule has 4 heteroatoms. The lowest BCUT2D eigenvalue weighted by atomic mass is 9.93. The number of rotatable bonds is 3. The first-order valence-corrected chi connectivity index (χ1v) is 6.73. The molecule has 0 spiro atoms. The zero-order chi connectivity index (χ0) is 13.8. The zero-order valence-electron chi connectivity index (χ0n) is 11.6. The van der Waals surface area contributed by atoms with Gasteiger partial charge in [0.25, 0.3) is 0 Å². The molecule has 1 aromatic carbocycles. The van der Waals surface area contributed by atoms with E-state index in [-0.39, 0.29) is 18.0 Å². The highest BCUT2D eigenvalue weighted by Gasteiger charge is 2.31. The number of methoxy groups -OCH3 is 1. The highest BCUT2D eigenvalue weighted by atomic mass is 16.5. The summed E-state index contributed by atoms with van der Waals surface area (Å²) < 4.78 is 5.24. The first-order valence-electron chi connectivity index (χ1n) is 6.73. The third kappa shape index (κ3) is 2.96. The van der Waals surface area contributed by atoms with Crippen molar-refractivity contribution < 1.29 is 9.53 Å². The SMILES string of the molecule is COCc1ccccc1C1C(N)CCCC(=O)N1C. The summed E-state index contributed by atoms with van der Waals surface area (Å²) >= 11 is 0. The molecule has 0 bridgehead atoms. The summed E-state index contributed by atoms with van der Waals surface area (Å²) in [5.74, 6) is 0.171. The van der Waals surface area contributed by atoms with E-state index in [1.165, 1.54) is 0 Å². The van der Waals surface area contributed by atoms with Gasteiger partial charge in [-0.1, -0.05) is 24.3 Å². The summed E-state index contributed by atoms with van der Waals surface area (Å²) in [4.78, 5) is 13.8. The van der Waals surface area contributed by atoms with Crippen molar-refractivity contribution in [2.45, 2.75) is 38.0 Å². The molecule has 1 saturated heterocycles. The van der Waals surface area contributed by atoms with Crippen LogP contribution in [0.5, 0.6) is 0 Å². The second kappa shape index (κ2) is 6.17. The molecule has 1 fully saturated rings. The monoisotopic (exact) mass is 262 g/mol. The number of benzene rings is 1. The molecule has 2 N–H and O–H groups in total. The van der Waals surface area contributed by atoms with Crippen molar-refractivity contribution in [2.75, 3.05) is 14.2 Å². The number of likely N-dealkylation sites (tertiary alicyclic amines) is 1. The van der Waals surface area contributed by atoms with Crippen molar-refractivity contribution in [3.8, 4) is 0 Å². The van der Waals surface area contributed by atoms with Crippen LogP contribution in [-0.4, -0.2) is 31.0 Å². The standard InChI is InChI=1S/C15H22N2O2/c1-17-14(18)9-5-8-13(16)15(17)12-7-4-3-6-11(12)10-19-2/h3-4,6-7,13,15H,5,8-10,16H2,1-2H3. The third-order valence-corrected chi connectivity index (χ3v) is 3.82. The molecular formula is C15H22N2O2. The number of nitrogens with two attached hydrogens (primary N) is 1. The first kappa shape index (κ1) is 14.0. The van der Waals surface area contributed by atoms with Crippen LogP contribution >= 0.6 is 0 Å². The van der Waals surface area contributed by atoms with E-state index >= 15 is 0 Å². The normalized spacial score (nSPS) is 24.4. The van der Waals surface area contributed by atoms with Crippen LogP contribution < -0.4 is 5.73 Å². The van der Waals surface area contributed by atoms with Crippen molar-refractivity contribution in [3.63, 3.8) is 0 Å². The minimum atomic E-state index is -0.0543. The molecule has 1 aliphatic heterocycles. The van der Waals surface area contributed by atoms with Gasteiger partial charge < -0.3 is 15.4 Å². The van der Waals surface area contributed by atoms with Crippen molar-refractivity contribution in [1.82, 2.24) is 4.90 Å². The number of carbonyl (C=O) groups excluding carboxylic acids is 1. The molecule has 1 heterocycles. The number of carbonyl (C=O) groups is 1. The Labute approximate surface area is 114 Å². The average Bonchev–Trinajstić information content (AvgIpc) is 2.52. The lowest BCUT2D eigenvalue weighted by Crippen LogP contribution is -2.40. The van der Waals surface area contributed by atoms with Gasteiger partial charge in [-0.3, -0.25) is 4.79 Å². The number of ether oxygens (including phenoxy) is 1. The van der Waals surface area contributed by atoms with Crippen LogP contribution in [-0.2, 0) is 16.1 Å². The number of hydrogen-bond donors (Lipinski definition) is 1. The molecule has 2 atom stereocenters. The number of amides is 1. The number of nitrogens with zero attached hydrogens (tertiary/aromatic N) is 1. The van der Waals surface area contributed by atoms with Gasteiger partial charge >= 0.3 is 0 Å². The summed E-state index contributed by atoms with van der Waals surface area (Å²) in [6.45, 7) is 0.543. The Kier molecular flexibility index (Phi) is 4.56. The Morgan fingerprint density at radius 1 is 1.42 bits per heavy atom. The second-order valence-electron chi connectivity index (χ2n) is 5.14. The van der Waals surface area contributed by atoms with E-state index < -0.39 is 0 Å². The minimum Gasteiger partial charge on any atom is -0.380 e. The molecule has 2 unspecified atom stereocenters. The first-order chi connectivity index (χ1) is 9.15. The van der Waals surface area contributed by atoms with Gasteiger partial charge in [0.1, 0.15) is 0 Å². The molecule has 0 aromatic heterocycles. The van der Waals surface area contributed by atoms with Gasteiger partial charge in [-0.25, -0.2) is 0 Å². The maximum Gasteiger partial charge on any atom is 0.222 e. The summed E-state index contributed by atoms with van der Waals surface area (Å²) in [6, 6.07) is 7.99. The second-order valence-corrected chi connectivity index (χ2v) is 5.14. The lowest BCUT2D eigenvalue weighted by molar-refractivity contribution is -0.131. The van der Waals surface area contributed by atoms with Crippen molar-refractivity contribution in [3.05, 3.63) is 35.4 Å². The predicted octanol–water partition coefficient (Wildman–Crippen LogP) is 1.84. The minimum absolute atomic E-state index is 0.0190. The van der Waals surface area contributed by atoms with Crippen LogP contribution in [0.3, 0.4) is 0 Å². The van der Waals surface area contributed by atoms with Gasteiger partial charge in [0, 0.05) is 26.6 Å². The molecule has 0 radical (unpaired) electrons. The Morgan fingerprint density at radius 2 is 2.16 bits per heavy atom. The fourth-order valence-corrected chi connectivity index (χ4v) is 2.81.